The Morgan fingerprint density at radius 3 is 2.74 bits per heavy atom. The third-order valence-electron chi connectivity index (χ3n) is 6.57. The molecule has 0 radical (unpaired) electrons. The van der Waals surface area contributed by atoms with Crippen LogP contribution >= 0.6 is 0 Å². The quantitative estimate of drug-likeness (QED) is 0.434. The lowest BCUT2D eigenvalue weighted by atomic mass is 9.99. The van der Waals surface area contributed by atoms with Crippen molar-refractivity contribution in [1.82, 2.24) is 19.7 Å². The maximum Gasteiger partial charge on any atom is 0.254 e. The van der Waals surface area contributed by atoms with E-state index < -0.39 is 5.82 Å². The first kappa shape index (κ1) is 20.6. The molecule has 3 aromatic heterocycles. The van der Waals surface area contributed by atoms with Crippen LogP contribution < -0.4 is 15.5 Å². The van der Waals surface area contributed by atoms with Gasteiger partial charge in [-0.25, -0.2) is 14.4 Å². The number of nitrogens with zero attached hydrogens (tertiary/aromatic N) is 4. The molecule has 6 rings (SSSR count). The molecule has 0 unspecified atom stereocenters. The average molecular weight is 458 g/mol. The predicted molar refractivity (Wildman–Crippen MR) is 127 cm³/mol. The highest BCUT2D eigenvalue weighted by molar-refractivity contribution is 6.06. The van der Waals surface area contributed by atoms with Gasteiger partial charge in [0.1, 0.15) is 5.82 Å². The second kappa shape index (κ2) is 8.11. The number of hydrogen-bond acceptors (Lipinski definition) is 6. The molecule has 9 heteroatoms. The van der Waals surface area contributed by atoms with E-state index in [9.17, 15) is 14.3 Å². The van der Waals surface area contributed by atoms with E-state index in [4.69, 9.17) is 0 Å². The molecule has 0 atom stereocenters. The van der Waals surface area contributed by atoms with E-state index >= 15 is 0 Å². The number of imidazole rings is 1. The van der Waals surface area contributed by atoms with Gasteiger partial charge in [-0.3, -0.25) is 9.20 Å². The number of anilines is 3. The molecule has 1 fully saturated rings. The molecule has 1 amide bonds. The molecule has 4 aromatic rings. The van der Waals surface area contributed by atoms with Gasteiger partial charge >= 0.3 is 0 Å². The van der Waals surface area contributed by atoms with Crippen molar-refractivity contribution in [2.75, 3.05) is 23.3 Å². The van der Waals surface area contributed by atoms with Crippen LogP contribution in [-0.4, -0.2) is 44.6 Å². The smallest absolute Gasteiger partial charge is 0.254 e. The summed E-state index contributed by atoms with van der Waals surface area (Å²) >= 11 is 0. The van der Waals surface area contributed by atoms with Gasteiger partial charge in [-0.1, -0.05) is 6.07 Å². The van der Waals surface area contributed by atoms with E-state index in [1.165, 1.54) is 6.07 Å². The number of hydrogen-bond donors (Lipinski definition) is 3. The number of halogens is 1. The topological polar surface area (TPSA) is 94.8 Å². The van der Waals surface area contributed by atoms with Gasteiger partial charge in [0.25, 0.3) is 5.91 Å². The predicted octanol–water partition coefficient (Wildman–Crippen LogP) is 3.48. The molecule has 1 saturated heterocycles. The van der Waals surface area contributed by atoms with E-state index in [0.29, 0.717) is 23.6 Å². The minimum Gasteiger partial charge on any atom is -0.393 e. The van der Waals surface area contributed by atoms with Crippen LogP contribution in [0.25, 0.3) is 16.9 Å². The summed E-state index contributed by atoms with van der Waals surface area (Å²) in [6, 6.07) is 10.7. The number of aromatic nitrogens is 3. The van der Waals surface area contributed by atoms with Crippen LogP contribution in [0.2, 0.25) is 0 Å². The maximum atomic E-state index is 14.1. The van der Waals surface area contributed by atoms with Crippen molar-refractivity contribution >= 4 is 28.7 Å². The molecular weight excluding hydrogens is 435 g/mol. The summed E-state index contributed by atoms with van der Waals surface area (Å²) in [5.74, 6) is 0.0725. The summed E-state index contributed by atoms with van der Waals surface area (Å²) in [6.07, 6.45) is 6.49. The molecule has 172 valence electrons. The number of amides is 1. The number of rotatable bonds is 4. The number of nitrogens with one attached hydrogen (secondary N) is 2. The number of carbonyl (C=O) groups excluding carboxylic acids is 1. The molecule has 2 aliphatic rings. The highest BCUT2D eigenvalue weighted by Crippen LogP contribution is 2.35. The molecule has 5 heterocycles. The number of benzene rings is 1. The molecule has 8 nitrogen and oxygen atoms in total. The van der Waals surface area contributed by atoms with Gasteiger partial charge in [0.05, 0.1) is 41.1 Å². The zero-order valence-electron chi connectivity index (χ0n) is 18.3. The molecule has 0 aliphatic carbocycles. The van der Waals surface area contributed by atoms with Gasteiger partial charge in [-0.2, -0.15) is 0 Å². The Kier molecular flexibility index (Phi) is 4.91. The highest BCUT2D eigenvalue weighted by Gasteiger charge is 2.27. The first-order chi connectivity index (χ1) is 16.6. The van der Waals surface area contributed by atoms with Gasteiger partial charge in [0.15, 0.2) is 11.5 Å². The van der Waals surface area contributed by atoms with Crippen molar-refractivity contribution in [3.05, 3.63) is 71.9 Å². The number of aliphatic hydroxyl groups excluding tert-OH is 1. The van der Waals surface area contributed by atoms with Crippen LogP contribution in [-0.2, 0) is 6.54 Å². The summed E-state index contributed by atoms with van der Waals surface area (Å²) in [7, 11) is 0. The van der Waals surface area contributed by atoms with Crippen LogP contribution in [0.3, 0.4) is 0 Å². The fraction of sp³-hybridized carbons (Fsp3) is 0.240. The Morgan fingerprint density at radius 1 is 1.09 bits per heavy atom. The first-order valence-corrected chi connectivity index (χ1v) is 11.3. The number of pyridine rings is 2. The second-order valence-electron chi connectivity index (χ2n) is 8.63. The van der Waals surface area contributed by atoms with E-state index in [1.54, 1.807) is 22.9 Å². The summed E-state index contributed by atoms with van der Waals surface area (Å²) in [5, 5.41) is 15.9. The third-order valence-corrected chi connectivity index (χ3v) is 6.57. The lowest BCUT2D eigenvalue weighted by Gasteiger charge is -2.31. The molecule has 34 heavy (non-hydrogen) atoms. The Labute approximate surface area is 195 Å². The van der Waals surface area contributed by atoms with Crippen molar-refractivity contribution in [3.8, 4) is 11.3 Å². The SMILES string of the molecule is O=C1NCc2c(-c3cnc4c(F)cccn34)ccc(Nc3ccc(N4CCC(O)CC4)cn3)c21. The minimum atomic E-state index is -0.395. The number of piperidine rings is 1. The van der Waals surface area contributed by atoms with Crippen molar-refractivity contribution in [1.29, 1.82) is 0 Å². The van der Waals surface area contributed by atoms with Crippen LogP contribution in [0.1, 0.15) is 28.8 Å². The summed E-state index contributed by atoms with van der Waals surface area (Å²) in [6.45, 7) is 1.99. The standard InChI is InChI=1S/C25H23FN6O2/c26-19-2-1-9-32-21(14-28-24(19)32)17-4-5-20(23-18(17)13-29-25(23)34)30-22-6-3-15(12-27-22)31-10-7-16(33)8-11-31/h1-6,9,12,14,16,33H,7-8,10-11,13H2,(H,27,30)(H,29,34). The van der Waals surface area contributed by atoms with Gasteiger partial charge in [-0.15, -0.1) is 0 Å². The van der Waals surface area contributed by atoms with E-state index in [1.807, 2.05) is 30.5 Å². The van der Waals surface area contributed by atoms with Crippen LogP contribution in [0.5, 0.6) is 0 Å². The molecule has 0 saturated carbocycles. The van der Waals surface area contributed by atoms with Gasteiger partial charge in [0.2, 0.25) is 0 Å². The molecule has 0 spiro atoms. The lowest BCUT2D eigenvalue weighted by molar-refractivity contribution is 0.0966. The van der Waals surface area contributed by atoms with Crippen molar-refractivity contribution in [3.63, 3.8) is 0 Å². The zero-order chi connectivity index (χ0) is 23.2. The summed E-state index contributed by atoms with van der Waals surface area (Å²) < 4.78 is 15.8. The minimum absolute atomic E-state index is 0.164. The average Bonchev–Trinajstić information content (AvgIpc) is 3.46. The molecular formula is C25H23FN6O2. The molecule has 3 N–H and O–H groups in total. The van der Waals surface area contributed by atoms with Crippen molar-refractivity contribution in [2.24, 2.45) is 0 Å². The lowest BCUT2D eigenvalue weighted by Crippen LogP contribution is -2.35. The maximum absolute atomic E-state index is 14.1. The Bertz CT molecular complexity index is 1390. The summed E-state index contributed by atoms with van der Waals surface area (Å²) in [4.78, 5) is 23.7. The van der Waals surface area contributed by atoms with Crippen LogP contribution in [0.15, 0.2) is 55.0 Å². The number of fused-ring (bicyclic) bond motifs is 2. The first-order valence-electron chi connectivity index (χ1n) is 11.3. The Hall–Kier alpha value is -3.98. The van der Waals surface area contributed by atoms with E-state index in [2.05, 4.69) is 25.5 Å². The number of aliphatic hydroxyl groups is 1. The normalized spacial score (nSPS) is 16.1. The third kappa shape index (κ3) is 3.45. The monoisotopic (exact) mass is 458 g/mol. The van der Waals surface area contributed by atoms with E-state index in [0.717, 1.165) is 48.4 Å². The second-order valence-corrected chi connectivity index (χ2v) is 8.63. The zero-order valence-corrected chi connectivity index (χ0v) is 18.3. The number of carbonyl (C=O) groups is 1. The van der Waals surface area contributed by atoms with Crippen molar-refractivity contribution in [2.45, 2.75) is 25.5 Å². The Morgan fingerprint density at radius 2 is 1.94 bits per heavy atom. The molecule has 0 bridgehead atoms. The van der Waals surface area contributed by atoms with Gasteiger partial charge in [-0.05, 0) is 48.7 Å². The largest absolute Gasteiger partial charge is 0.393 e. The van der Waals surface area contributed by atoms with Crippen molar-refractivity contribution < 1.29 is 14.3 Å². The van der Waals surface area contributed by atoms with Gasteiger partial charge in [0, 0.05) is 31.4 Å². The van der Waals surface area contributed by atoms with E-state index in [-0.39, 0.29) is 17.7 Å². The summed E-state index contributed by atoms with van der Waals surface area (Å²) in [5.41, 5.74) is 4.86. The molecule has 2 aliphatic heterocycles. The van der Waals surface area contributed by atoms with Crippen LogP contribution in [0.4, 0.5) is 21.6 Å². The highest BCUT2D eigenvalue weighted by atomic mass is 19.1. The van der Waals surface area contributed by atoms with Gasteiger partial charge < -0.3 is 20.6 Å². The Balaban J connectivity index is 1.31. The fourth-order valence-electron chi connectivity index (χ4n) is 4.78. The van der Waals surface area contributed by atoms with Crippen LogP contribution in [0, 0.1) is 5.82 Å². The molecule has 1 aromatic carbocycles. The fourth-order valence-corrected chi connectivity index (χ4v) is 4.78.